The van der Waals surface area contributed by atoms with Crippen molar-refractivity contribution in [2.45, 2.75) is 45.4 Å². The number of aryl methyl sites for hydroxylation is 1. The number of anilines is 1. The average molecular weight is 398 g/mol. The second kappa shape index (κ2) is 7.81. The van der Waals surface area contributed by atoms with Crippen molar-refractivity contribution in [3.05, 3.63) is 57.9 Å². The van der Waals surface area contributed by atoms with Crippen molar-refractivity contribution in [2.75, 3.05) is 5.32 Å². The zero-order valence-electron chi connectivity index (χ0n) is 15.9. The molecule has 146 valence electrons. The highest BCUT2D eigenvalue weighted by atomic mass is 32.1. The van der Waals surface area contributed by atoms with E-state index in [2.05, 4.69) is 20.4 Å². The molecule has 3 atom stereocenters. The molecule has 1 saturated carbocycles. The van der Waals surface area contributed by atoms with Crippen molar-refractivity contribution in [3.8, 4) is 0 Å². The van der Waals surface area contributed by atoms with E-state index in [9.17, 15) is 9.90 Å². The third kappa shape index (κ3) is 3.83. The first-order valence-electron chi connectivity index (χ1n) is 9.37. The van der Waals surface area contributed by atoms with Crippen LogP contribution < -0.4 is 5.32 Å². The Morgan fingerprint density at radius 3 is 3.00 bits per heavy atom. The molecule has 3 heterocycles. The van der Waals surface area contributed by atoms with Gasteiger partial charge in [-0.25, -0.2) is 9.97 Å². The number of hydrogen-bond acceptors (Lipinski definition) is 7. The zero-order chi connectivity index (χ0) is 19.7. The maximum absolute atomic E-state index is 13.2. The van der Waals surface area contributed by atoms with Gasteiger partial charge in [-0.3, -0.25) is 9.48 Å². The summed E-state index contributed by atoms with van der Waals surface area (Å²) in [6, 6.07) is 3.92. The molecule has 8 heteroatoms. The molecule has 0 aliphatic heterocycles. The fourth-order valence-corrected chi connectivity index (χ4v) is 4.63. The number of nitrogens with zero attached hydrogens (tertiary/aromatic N) is 4. The maximum Gasteiger partial charge on any atom is 0.208 e. The lowest BCUT2D eigenvalue weighted by Gasteiger charge is -2.15. The van der Waals surface area contributed by atoms with Crippen LogP contribution in [0.1, 0.15) is 45.4 Å². The van der Waals surface area contributed by atoms with E-state index in [1.54, 1.807) is 12.4 Å². The van der Waals surface area contributed by atoms with Gasteiger partial charge in [-0.15, -0.1) is 11.3 Å². The van der Waals surface area contributed by atoms with E-state index in [0.717, 1.165) is 16.9 Å². The SMILES string of the molecule is Cc1sc(C(=O)c2cncnc2N[C@@H]2C[C@@H](C)[C@@H](O)C2)cc1Cn1cccn1. The number of rotatable bonds is 6. The Bertz CT molecular complexity index is 959. The summed E-state index contributed by atoms with van der Waals surface area (Å²) >= 11 is 1.48. The van der Waals surface area contributed by atoms with Crippen LogP contribution in [0.5, 0.6) is 0 Å². The van der Waals surface area contributed by atoms with Crippen LogP contribution in [0.2, 0.25) is 0 Å². The van der Waals surface area contributed by atoms with Crippen molar-refractivity contribution in [1.29, 1.82) is 0 Å². The van der Waals surface area contributed by atoms with Gasteiger partial charge in [0.1, 0.15) is 12.1 Å². The lowest BCUT2D eigenvalue weighted by Crippen LogP contribution is -2.20. The molecule has 2 N–H and O–H groups in total. The standard InChI is InChI=1S/C20H23N5O2S/c1-12-6-15(8-17(12)26)24-20-16(9-21-11-22-20)19(27)18-7-14(13(2)28-18)10-25-5-3-4-23-25/h3-5,7,9,11-12,15,17,26H,6,8,10H2,1-2H3,(H,21,22,24)/t12-,15-,17+/m1/s1. The van der Waals surface area contributed by atoms with Gasteiger partial charge >= 0.3 is 0 Å². The minimum atomic E-state index is -0.316. The minimum Gasteiger partial charge on any atom is -0.393 e. The second-order valence-electron chi connectivity index (χ2n) is 7.37. The van der Waals surface area contributed by atoms with Gasteiger partial charge < -0.3 is 10.4 Å². The molecule has 4 rings (SSSR count). The Morgan fingerprint density at radius 1 is 1.43 bits per heavy atom. The third-order valence-electron chi connectivity index (χ3n) is 5.27. The average Bonchev–Trinajstić information content (AvgIpc) is 3.38. The number of aliphatic hydroxyl groups is 1. The first kappa shape index (κ1) is 18.8. The fraction of sp³-hybridized carbons (Fsp3) is 0.400. The summed E-state index contributed by atoms with van der Waals surface area (Å²) in [5, 5.41) is 17.6. The Balaban J connectivity index is 1.55. The van der Waals surface area contributed by atoms with Crippen molar-refractivity contribution in [2.24, 2.45) is 5.92 Å². The lowest BCUT2D eigenvalue weighted by atomic mass is 10.1. The smallest absolute Gasteiger partial charge is 0.208 e. The Labute approximate surface area is 167 Å². The van der Waals surface area contributed by atoms with E-state index in [4.69, 9.17) is 0 Å². The van der Waals surface area contributed by atoms with Crippen LogP contribution in [0, 0.1) is 12.8 Å². The monoisotopic (exact) mass is 397 g/mol. The number of nitrogens with one attached hydrogen (secondary N) is 1. The van der Waals surface area contributed by atoms with E-state index in [1.165, 1.54) is 17.7 Å². The second-order valence-corrected chi connectivity index (χ2v) is 8.62. The Hall–Kier alpha value is -2.58. The number of thiophene rings is 1. The van der Waals surface area contributed by atoms with Crippen molar-refractivity contribution in [3.63, 3.8) is 0 Å². The van der Waals surface area contributed by atoms with Crippen LogP contribution in [-0.2, 0) is 6.54 Å². The first-order valence-corrected chi connectivity index (χ1v) is 10.2. The van der Waals surface area contributed by atoms with Gasteiger partial charge in [0.15, 0.2) is 0 Å². The van der Waals surface area contributed by atoms with E-state index < -0.39 is 0 Å². The molecule has 3 aromatic heterocycles. The van der Waals surface area contributed by atoms with Crippen LogP contribution in [0.3, 0.4) is 0 Å². The van der Waals surface area contributed by atoms with Crippen LogP contribution in [0.25, 0.3) is 0 Å². The molecule has 7 nitrogen and oxygen atoms in total. The predicted molar refractivity (Wildman–Crippen MR) is 108 cm³/mol. The number of carbonyl (C=O) groups is 1. The summed E-state index contributed by atoms with van der Waals surface area (Å²) in [6.07, 6.45) is 7.85. The normalized spacial score (nSPS) is 21.8. The number of aliphatic hydroxyl groups excluding tert-OH is 1. The quantitative estimate of drug-likeness (QED) is 0.621. The van der Waals surface area contributed by atoms with E-state index in [1.807, 2.05) is 36.9 Å². The molecule has 1 aliphatic carbocycles. The molecule has 3 aromatic rings. The summed E-state index contributed by atoms with van der Waals surface area (Å²) in [6.45, 7) is 4.69. The minimum absolute atomic E-state index is 0.0884. The molecule has 0 radical (unpaired) electrons. The molecule has 1 aliphatic rings. The van der Waals surface area contributed by atoms with Crippen LogP contribution in [0.4, 0.5) is 5.82 Å². The molecule has 0 bridgehead atoms. The molecular formula is C20H23N5O2S. The van der Waals surface area contributed by atoms with Gasteiger partial charge in [0.05, 0.1) is 23.1 Å². The van der Waals surface area contributed by atoms with Crippen molar-refractivity contribution in [1.82, 2.24) is 19.7 Å². The topological polar surface area (TPSA) is 92.9 Å². The molecule has 0 saturated heterocycles. The number of hydrogen-bond donors (Lipinski definition) is 2. The molecule has 0 aromatic carbocycles. The molecule has 1 fully saturated rings. The Morgan fingerprint density at radius 2 is 2.29 bits per heavy atom. The van der Waals surface area contributed by atoms with E-state index >= 15 is 0 Å². The van der Waals surface area contributed by atoms with Gasteiger partial charge in [0, 0.05) is 29.5 Å². The maximum atomic E-state index is 13.2. The molecule has 0 amide bonds. The summed E-state index contributed by atoms with van der Waals surface area (Å²) in [4.78, 5) is 23.3. The summed E-state index contributed by atoms with van der Waals surface area (Å²) in [5.41, 5.74) is 1.54. The summed E-state index contributed by atoms with van der Waals surface area (Å²) < 4.78 is 1.84. The lowest BCUT2D eigenvalue weighted by molar-refractivity contribution is 0.104. The van der Waals surface area contributed by atoms with Gasteiger partial charge in [-0.1, -0.05) is 6.92 Å². The molecule has 28 heavy (non-hydrogen) atoms. The predicted octanol–water partition coefficient (Wildman–Crippen LogP) is 2.89. The molecule has 0 unspecified atom stereocenters. The van der Waals surface area contributed by atoms with E-state index in [-0.39, 0.29) is 23.8 Å². The number of aromatic nitrogens is 4. The number of ketones is 1. The van der Waals surface area contributed by atoms with Gasteiger partial charge in [0.2, 0.25) is 5.78 Å². The van der Waals surface area contributed by atoms with Crippen LogP contribution in [-0.4, -0.2) is 42.8 Å². The Kier molecular flexibility index (Phi) is 5.23. The number of carbonyl (C=O) groups excluding carboxylic acids is 1. The largest absolute Gasteiger partial charge is 0.393 e. The zero-order valence-corrected chi connectivity index (χ0v) is 16.7. The molecule has 0 spiro atoms. The van der Waals surface area contributed by atoms with Gasteiger partial charge in [0.25, 0.3) is 0 Å². The third-order valence-corrected chi connectivity index (χ3v) is 6.36. The highest BCUT2D eigenvalue weighted by Crippen LogP contribution is 2.30. The highest BCUT2D eigenvalue weighted by Gasteiger charge is 2.31. The van der Waals surface area contributed by atoms with Crippen LogP contribution in [0.15, 0.2) is 37.1 Å². The van der Waals surface area contributed by atoms with Gasteiger partial charge in [-0.2, -0.15) is 5.10 Å². The fourth-order valence-electron chi connectivity index (χ4n) is 3.64. The van der Waals surface area contributed by atoms with Gasteiger partial charge in [-0.05, 0) is 43.4 Å². The van der Waals surface area contributed by atoms with E-state index in [0.29, 0.717) is 29.2 Å². The summed E-state index contributed by atoms with van der Waals surface area (Å²) in [5.74, 6) is 0.684. The van der Waals surface area contributed by atoms with Crippen molar-refractivity contribution < 1.29 is 9.90 Å². The van der Waals surface area contributed by atoms with Crippen LogP contribution >= 0.6 is 11.3 Å². The summed E-state index contributed by atoms with van der Waals surface area (Å²) in [7, 11) is 0. The van der Waals surface area contributed by atoms with Crippen molar-refractivity contribution >= 4 is 22.9 Å². The first-order chi connectivity index (χ1) is 13.5. The molecular weight excluding hydrogens is 374 g/mol. The highest BCUT2D eigenvalue weighted by molar-refractivity contribution is 7.14.